The number of amides is 2. The third-order valence-corrected chi connectivity index (χ3v) is 3.42. The van der Waals surface area contributed by atoms with Crippen LogP contribution in [-0.2, 0) is 0 Å². The first-order chi connectivity index (χ1) is 11.5. The standard InChI is InChI=1S/C17H17FN2O4/c1-10-14(23-2)8-11(9-15(10)24-3)16(21)19-20-17(22)12-6-4-5-7-13(12)18/h4-9H,1-3H3,(H,19,21)(H,20,22). The summed E-state index contributed by atoms with van der Waals surface area (Å²) in [6.45, 7) is 1.79. The molecule has 0 aliphatic heterocycles. The topological polar surface area (TPSA) is 76.7 Å². The van der Waals surface area contributed by atoms with Gasteiger partial charge >= 0.3 is 0 Å². The summed E-state index contributed by atoms with van der Waals surface area (Å²) in [5, 5.41) is 0. The van der Waals surface area contributed by atoms with Crippen molar-refractivity contribution in [3.8, 4) is 11.5 Å². The van der Waals surface area contributed by atoms with E-state index in [0.717, 1.165) is 11.6 Å². The maximum absolute atomic E-state index is 13.5. The van der Waals surface area contributed by atoms with Gasteiger partial charge in [-0.1, -0.05) is 12.1 Å². The number of hydrogen-bond donors (Lipinski definition) is 2. The Balaban J connectivity index is 2.13. The van der Waals surface area contributed by atoms with Crippen LogP contribution in [0.25, 0.3) is 0 Å². The lowest BCUT2D eigenvalue weighted by Gasteiger charge is -2.13. The Morgan fingerprint density at radius 1 is 0.958 bits per heavy atom. The van der Waals surface area contributed by atoms with Gasteiger partial charge in [-0.15, -0.1) is 0 Å². The number of carbonyl (C=O) groups excluding carboxylic acids is 2. The zero-order chi connectivity index (χ0) is 17.7. The molecule has 0 atom stereocenters. The number of benzene rings is 2. The minimum Gasteiger partial charge on any atom is -0.496 e. The van der Waals surface area contributed by atoms with Crippen LogP contribution < -0.4 is 20.3 Å². The highest BCUT2D eigenvalue weighted by molar-refractivity contribution is 5.99. The van der Waals surface area contributed by atoms with Gasteiger partial charge in [0.25, 0.3) is 11.8 Å². The largest absolute Gasteiger partial charge is 0.496 e. The molecule has 0 aliphatic carbocycles. The molecule has 0 radical (unpaired) electrons. The minimum atomic E-state index is -0.757. The molecule has 0 fully saturated rings. The second-order valence-electron chi connectivity index (χ2n) is 4.89. The van der Waals surface area contributed by atoms with Crippen LogP contribution in [0.5, 0.6) is 11.5 Å². The monoisotopic (exact) mass is 332 g/mol. The van der Waals surface area contributed by atoms with Crippen molar-refractivity contribution in [1.82, 2.24) is 10.9 Å². The molecule has 0 aliphatic rings. The maximum atomic E-state index is 13.5. The normalized spacial score (nSPS) is 10.0. The molecule has 0 unspecified atom stereocenters. The molecule has 2 amide bonds. The van der Waals surface area contributed by atoms with Crippen molar-refractivity contribution in [3.63, 3.8) is 0 Å². The number of halogens is 1. The second kappa shape index (κ2) is 7.45. The summed E-state index contributed by atoms with van der Waals surface area (Å²) < 4.78 is 23.9. The molecular weight excluding hydrogens is 315 g/mol. The van der Waals surface area contributed by atoms with Crippen LogP contribution in [0, 0.1) is 12.7 Å². The van der Waals surface area contributed by atoms with Crippen LogP contribution in [0.2, 0.25) is 0 Å². The third-order valence-electron chi connectivity index (χ3n) is 3.42. The van der Waals surface area contributed by atoms with E-state index in [-0.39, 0.29) is 11.1 Å². The van der Waals surface area contributed by atoms with Crippen LogP contribution in [-0.4, -0.2) is 26.0 Å². The third kappa shape index (κ3) is 3.62. The molecule has 126 valence electrons. The molecule has 2 aromatic rings. The fraction of sp³-hybridized carbons (Fsp3) is 0.176. The van der Waals surface area contributed by atoms with E-state index in [1.807, 2.05) is 0 Å². The number of hydrogen-bond acceptors (Lipinski definition) is 4. The number of nitrogens with one attached hydrogen (secondary N) is 2. The van der Waals surface area contributed by atoms with E-state index in [1.165, 1.54) is 44.6 Å². The Kier molecular flexibility index (Phi) is 5.36. The van der Waals surface area contributed by atoms with Gasteiger partial charge in [0.1, 0.15) is 17.3 Å². The van der Waals surface area contributed by atoms with Crippen molar-refractivity contribution in [3.05, 3.63) is 58.9 Å². The van der Waals surface area contributed by atoms with Gasteiger partial charge in [0.05, 0.1) is 19.8 Å². The van der Waals surface area contributed by atoms with Gasteiger partial charge in [-0.3, -0.25) is 20.4 Å². The van der Waals surface area contributed by atoms with Crippen LogP contribution in [0.15, 0.2) is 36.4 Å². The summed E-state index contributed by atoms with van der Waals surface area (Å²) in [6, 6.07) is 8.50. The molecule has 2 aromatic carbocycles. The van der Waals surface area contributed by atoms with Crippen molar-refractivity contribution in [2.24, 2.45) is 0 Å². The first-order valence-electron chi connectivity index (χ1n) is 7.05. The second-order valence-corrected chi connectivity index (χ2v) is 4.89. The van der Waals surface area contributed by atoms with Gasteiger partial charge in [-0.25, -0.2) is 4.39 Å². The van der Waals surface area contributed by atoms with Gasteiger partial charge in [-0.2, -0.15) is 0 Å². The lowest BCUT2D eigenvalue weighted by atomic mass is 10.1. The molecule has 0 heterocycles. The average Bonchev–Trinajstić information content (AvgIpc) is 2.59. The molecular formula is C17H17FN2O4. The predicted octanol–water partition coefficient (Wildman–Crippen LogP) is 2.23. The number of methoxy groups -OCH3 is 2. The average molecular weight is 332 g/mol. The molecule has 6 nitrogen and oxygen atoms in total. The van der Waals surface area contributed by atoms with Crippen molar-refractivity contribution >= 4 is 11.8 Å². The van der Waals surface area contributed by atoms with Gasteiger partial charge in [-0.05, 0) is 31.2 Å². The van der Waals surface area contributed by atoms with E-state index in [9.17, 15) is 14.0 Å². The van der Waals surface area contributed by atoms with Gasteiger partial charge in [0.2, 0.25) is 0 Å². The van der Waals surface area contributed by atoms with Crippen molar-refractivity contribution in [2.75, 3.05) is 14.2 Å². The number of ether oxygens (including phenoxy) is 2. The fourth-order valence-corrected chi connectivity index (χ4v) is 2.12. The summed E-state index contributed by atoms with van der Waals surface area (Å²) in [4.78, 5) is 24.1. The highest BCUT2D eigenvalue weighted by Crippen LogP contribution is 2.29. The van der Waals surface area contributed by atoms with E-state index in [4.69, 9.17) is 9.47 Å². The first-order valence-corrected chi connectivity index (χ1v) is 7.05. The Hall–Kier alpha value is -3.09. The number of carbonyl (C=O) groups is 2. The van der Waals surface area contributed by atoms with Crippen LogP contribution >= 0.6 is 0 Å². The Bertz CT molecular complexity index is 752. The Morgan fingerprint density at radius 3 is 2.04 bits per heavy atom. The first kappa shape index (κ1) is 17.3. The Morgan fingerprint density at radius 2 is 1.50 bits per heavy atom. The zero-order valence-corrected chi connectivity index (χ0v) is 13.5. The molecule has 0 saturated carbocycles. The van der Waals surface area contributed by atoms with Crippen LogP contribution in [0.4, 0.5) is 4.39 Å². The van der Waals surface area contributed by atoms with Gasteiger partial charge < -0.3 is 9.47 Å². The summed E-state index contributed by atoms with van der Waals surface area (Å²) in [6.07, 6.45) is 0. The Labute approximate surface area is 138 Å². The van der Waals surface area contributed by atoms with Gasteiger partial charge in [0.15, 0.2) is 0 Å². The van der Waals surface area contributed by atoms with Crippen LogP contribution in [0.3, 0.4) is 0 Å². The minimum absolute atomic E-state index is 0.170. The molecule has 0 aromatic heterocycles. The van der Waals surface area contributed by atoms with Crippen molar-refractivity contribution in [2.45, 2.75) is 6.92 Å². The van der Waals surface area contributed by atoms with E-state index in [1.54, 1.807) is 6.92 Å². The predicted molar refractivity (Wildman–Crippen MR) is 85.6 cm³/mol. The molecule has 2 N–H and O–H groups in total. The quantitative estimate of drug-likeness (QED) is 0.842. The number of rotatable bonds is 4. The smallest absolute Gasteiger partial charge is 0.272 e. The summed E-state index contributed by atoms with van der Waals surface area (Å²) in [7, 11) is 2.95. The highest BCUT2D eigenvalue weighted by atomic mass is 19.1. The highest BCUT2D eigenvalue weighted by Gasteiger charge is 2.15. The SMILES string of the molecule is COc1cc(C(=O)NNC(=O)c2ccccc2F)cc(OC)c1C. The molecule has 0 saturated heterocycles. The molecule has 2 rings (SSSR count). The molecule has 24 heavy (non-hydrogen) atoms. The summed E-state index contributed by atoms with van der Waals surface area (Å²) in [5.74, 6) is -1.08. The summed E-state index contributed by atoms with van der Waals surface area (Å²) >= 11 is 0. The molecule has 7 heteroatoms. The van der Waals surface area contributed by atoms with Crippen molar-refractivity contribution in [1.29, 1.82) is 0 Å². The fourth-order valence-electron chi connectivity index (χ4n) is 2.12. The summed E-state index contributed by atoms with van der Waals surface area (Å²) in [5.41, 5.74) is 5.20. The van der Waals surface area contributed by atoms with E-state index >= 15 is 0 Å². The maximum Gasteiger partial charge on any atom is 0.272 e. The van der Waals surface area contributed by atoms with Crippen molar-refractivity contribution < 1.29 is 23.5 Å². The molecule has 0 spiro atoms. The molecule has 0 bridgehead atoms. The van der Waals surface area contributed by atoms with E-state index in [2.05, 4.69) is 10.9 Å². The van der Waals surface area contributed by atoms with E-state index in [0.29, 0.717) is 11.5 Å². The van der Waals surface area contributed by atoms with E-state index < -0.39 is 17.6 Å². The zero-order valence-electron chi connectivity index (χ0n) is 13.5. The van der Waals surface area contributed by atoms with Crippen LogP contribution in [0.1, 0.15) is 26.3 Å². The number of hydrazine groups is 1. The lowest BCUT2D eigenvalue weighted by Crippen LogP contribution is -2.42. The van der Waals surface area contributed by atoms with Gasteiger partial charge in [0, 0.05) is 11.1 Å². The lowest BCUT2D eigenvalue weighted by molar-refractivity contribution is 0.0844.